The molecule has 5 heteroatoms. The van der Waals surface area contributed by atoms with Crippen LogP contribution in [0.5, 0.6) is 0 Å². The first kappa shape index (κ1) is 10.9. The number of hydrogen-bond donors (Lipinski definition) is 0. The summed E-state index contributed by atoms with van der Waals surface area (Å²) in [7, 11) is 0. The molecule has 2 aromatic rings. The molecule has 2 heterocycles. The maximum absolute atomic E-state index is 4.17. The third-order valence-electron chi connectivity index (χ3n) is 2.42. The van der Waals surface area contributed by atoms with Gasteiger partial charge in [-0.15, -0.1) is 5.10 Å². The van der Waals surface area contributed by atoms with E-state index in [-0.39, 0.29) is 5.41 Å². The fraction of sp³-hybridized carbons (Fsp3) is 0.545. The van der Waals surface area contributed by atoms with Crippen molar-refractivity contribution in [3.8, 4) is 0 Å². The minimum atomic E-state index is 0.0595. The molecule has 86 valence electrons. The Morgan fingerprint density at radius 2 is 1.94 bits per heavy atom. The quantitative estimate of drug-likeness (QED) is 0.785. The summed E-state index contributed by atoms with van der Waals surface area (Å²) in [6.07, 6.45) is 5.73. The highest BCUT2D eigenvalue weighted by Crippen LogP contribution is 2.18. The van der Waals surface area contributed by atoms with Crippen LogP contribution in [0.15, 0.2) is 24.7 Å². The molecule has 0 unspecified atom stereocenters. The minimum absolute atomic E-state index is 0.0595. The monoisotopic (exact) mass is 219 g/mol. The average molecular weight is 219 g/mol. The van der Waals surface area contributed by atoms with Gasteiger partial charge in [-0.05, 0) is 6.07 Å². The van der Waals surface area contributed by atoms with Gasteiger partial charge in [-0.2, -0.15) is 5.10 Å². The van der Waals surface area contributed by atoms with Crippen LogP contribution in [0.1, 0.15) is 26.5 Å². The lowest BCUT2D eigenvalue weighted by Gasteiger charge is -2.12. The summed E-state index contributed by atoms with van der Waals surface area (Å²) < 4.78 is 3.75. The van der Waals surface area contributed by atoms with E-state index in [1.54, 1.807) is 6.20 Å². The third kappa shape index (κ3) is 2.48. The average Bonchev–Trinajstić information content (AvgIpc) is 2.85. The van der Waals surface area contributed by atoms with Gasteiger partial charge in [-0.1, -0.05) is 26.0 Å². The second-order valence-corrected chi connectivity index (χ2v) is 4.89. The highest BCUT2D eigenvalue weighted by molar-refractivity contribution is 5.06. The summed E-state index contributed by atoms with van der Waals surface area (Å²) in [4.78, 5) is 0. The topological polar surface area (TPSA) is 48.5 Å². The van der Waals surface area contributed by atoms with Crippen molar-refractivity contribution < 1.29 is 0 Å². The van der Waals surface area contributed by atoms with Gasteiger partial charge in [0.1, 0.15) is 0 Å². The number of aromatic nitrogens is 5. The van der Waals surface area contributed by atoms with Gasteiger partial charge in [-0.25, -0.2) is 0 Å². The zero-order valence-corrected chi connectivity index (χ0v) is 9.96. The zero-order valence-electron chi connectivity index (χ0n) is 9.96. The summed E-state index contributed by atoms with van der Waals surface area (Å²) >= 11 is 0. The Morgan fingerprint density at radius 1 is 1.19 bits per heavy atom. The Kier molecular flexibility index (Phi) is 2.77. The molecule has 2 aromatic heterocycles. The summed E-state index contributed by atoms with van der Waals surface area (Å²) in [5.74, 6) is 0. The summed E-state index contributed by atoms with van der Waals surface area (Å²) in [5.41, 5.74) is 1.08. The van der Waals surface area contributed by atoms with E-state index in [9.17, 15) is 0 Å². The first-order chi connectivity index (χ1) is 7.55. The van der Waals surface area contributed by atoms with Crippen LogP contribution in [0.2, 0.25) is 0 Å². The van der Waals surface area contributed by atoms with Crippen LogP contribution < -0.4 is 0 Å². The second kappa shape index (κ2) is 4.08. The van der Waals surface area contributed by atoms with E-state index >= 15 is 0 Å². The maximum atomic E-state index is 4.17. The van der Waals surface area contributed by atoms with Crippen LogP contribution in [0, 0.1) is 0 Å². The highest BCUT2D eigenvalue weighted by atomic mass is 15.4. The SMILES string of the molecule is CC(C)(C)c1cn(CCn2cccn2)nn1. The van der Waals surface area contributed by atoms with Gasteiger partial charge in [0.15, 0.2) is 0 Å². The summed E-state index contributed by atoms with van der Waals surface area (Å²) in [5, 5.41) is 12.4. The standard InChI is InChI=1S/C11H17N5/c1-11(2,3)10-9-16(14-13-10)8-7-15-6-4-5-12-15/h4-6,9H,7-8H2,1-3H3. The summed E-state index contributed by atoms with van der Waals surface area (Å²) in [6, 6.07) is 1.92. The Morgan fingerprint density at radius 3 is 2.50 bits per heavy atom. The first-order valence-electron chi connectivity index (χ1n) is 5.44. The molecule has 0 amide bonds. The van der Waals surface area contributed by atoms with Crippen molar-refractivity contribution >= 4 is 0 Å². The lowest BCUT2D eigenvalue weighted by Crippen LogP contribution is -2.11. The highest BCUT2D eigenvalue weighted by Gasteiger charge is 2.17. The van der Waals surface area contributed by atoms with Crippen molar-refractivity contribution in [1.82, 2.24) is 24.8 Å². The fourth-order valence-corrected chi connectivity index (χ4v) is 1.39. The van der Waals surface area contributed by atoms with Crippen LogP contribution in [0.25, 0.3) is 0 Å². The fourth-order valence-electron chi connectivity index (χ4n) is 1.39. The van der Waals surface area contributed by atoms with Crippen molar-refractivity contribution in [3.05, 3.63) is 30.4 Å². The number of aryl methyl sites for hydroxylation is 2. The molecular weight excluding hydrogens is 202 g/mol. The van der Waals surface area contributed by atoms with E-state index in [0.29, 0.717) is 0 Å². The molecule has 0 aliphatic rings. The Balaban J connectivity index is 1.98. The molecule has 0 aromatic carbocycles. The van der Waals surface area contributed by atoms with Crippen molar-refractivity contribution in [2.75, 3.05) is 0 Å². The molecule has 0 saturated carbocycles. The third-order valence-corrected chi connectivity index (χ3v) is 2.42. The Bertz CT molecular complexity index is 435. The largest absolute Gasteiger partial charge is 0.271 e. The second-order valence-electron chi connectivity index (χ2n) is 4.89. The molecule has 5 nitrogen and oxygen atoms in total. The van der Waals surface area contributed by atoms with Crippen LogP contribution in [0.4, 0.5) is 0 Å². The molecule has 0 spiro atoms. The predicted octanol–water partition coefficient (Wildman–Crippen LogP) is 1.47. The smallest absolute Gasteiger partial charge is 0.0880 e. The number of nitrogens with zero attached hydrogens (tertiary/aromatic N) is 5. The van der Waals surface area contributed by atoms with Gasteiger partial charge in [0.25, 0.3) is 0 Å². The molecule has 0 fully saturated rings. The van der Waals surface area contributed by atoms with Crippen LogP contribution in [-0.4, -0.2) is 24.8 Å². The number of hydrogen-bond acceptors (Lipinski definition) is 3. The molecule has 0 atom stereocenters. The molecule has 0 N–H and O–H groups in total. The van der Waals surface area contributed by atoms with Gasteiger partial charge >= 0.3 is 0 Å². The minimum Gasteiger partial charge on any atom is -0.271 e. The van der Waals surface area contributed by atoms with Gasteiger partial charge in [-0.3, -0.25) is 9.36 Å². The Hall–Kier alpha value is -1.65. The molecular formula is C11H17N5. The molecule has 0 saturated heterocycles. The lowest BCUT2D eigenvalue weighted by molar-refractivity contribution is 0.490. The molecule has 0 aliphatic heterocycles. The van der Waals surface area contributed by atoms with Gasteiger partial charge in [0.05, 0.1) is 18.8 Å². The zero-order chi connectivity index (χ0) is 11.6. The van der Waals surface area contributed by atoms with Crippen molar-refractivity contribution in [3.63, 3.8) is 0 Å². The van der Waals surface area contributed by atoms with E-state index in [2.05, 4.69) is 36.2 Å². The van der Waals surface area contributed by atoms with Gasteiger partial charge in [0, 0.05) is 24.0 Å². The van der Waals surface area contributed by atoms with Crippen LogP contribution >= 0.6 is 0 Å². The van der Waals surface area contributed by atoms with Crippen molar-refractivity contribution in [2.45, 2.75) is 39.3 Å². The van der Waals surface area contributed by atoms with E-state index in [1.165, 1.54) is 0 Å². The van der Waals surface area contributed by atoms with Crippen LogP contribution in [0.3, 0.4) is 0 Å². The lowest BCUT2D eigenvalue weighted by atomic mass is 9.93. The Labute approximate surface area is 95.1 Å². The van der Waals surface area contributed by atoms with Crippen LogP contribution in [-0.2, 0) is 18.5 Å². The molecule has 16 heavy (non-hydrogen) atoms. The molecule has 0 aliphatic carbocycles. The van der Waals surface area contributed by atoms with Gasteiger partial charge in [0.2, 0.25) is 0 Å². The molecule has 0 bridgehead atoms. The van der Waals surface area contributed by atoms with Crippen molar-refractivity contribution in [2.24, 2.45) is 0 Å². The van der Waals surface area contributed by atoms with E-state index in [4.69, 9.17) is 0 Å². The molecule has 0 radical (unpaired) electrons. The van der Waals surface area contributed by atoms with Gasteiger partial charge < -0.3 is 0 Å². The maximum Gasteiger partial charge on any atom is 0.0880 e. The molecule has 2 rings (SSSR count). The van der Waals surface area contributed by atoms with E-state index in [0.717, 1.165) is 18.8 Å². The van der Waals surface area contributed by atoms with E-state index < -0.39 is 0 Å². The summed E-state index contributed by atoms with van der Waals surface area (Å²) in [6.45, 7) is 8.02. The normalized spacial score (nSPS) is 11.9. The number of rotatable bonds is 3. The van der Waals surface area contributed by atoms with Crippen molar-refractivity contribution in [1.29, 1.82) is 0 Å². The predicted molar refractivity (Wildman–Crippen MR) is 60.9 cm³/mol. The first-order valence-corrected chi connectivity index (χ1v) is 5.44. The van der Waals surface area contributed by atoms with E-state index in [1.807, 2.05) is 27.8 Å².